The zero-order valence-electron chi connectivity index (χ0n) is 14.2. The summed E-state index contributed by atoms with van der Waals surface area (Å²) in [5.74, 6) is 0.412. The van der Waals surface area contributed by atoms with Crippen molar-refractivity contribution in [1.29, 1.82) is 0 Å². The van der Waals surface area contributed by atoms with Crippen LogP contribution < -0.4 is 5.32 Å². The van der Waals surface area contributed by atoms with Gasteiger partial charge in [0.1, 0.15) is 18.3 Å². The van der Waals surface area contributed by atoms with Crippen molar-refractivity contribution in [2.75, 3.05) is 5.32 Å². The van der Waals surface area contributed by atoms with E-state index in [1.807, 2.05) is 38.1 Å². The third-order valence-electron chi connectivity index (χ3n) is 4.04. The molecule has 130 valence electrons. The normalized spacial score (nSPS) is 12.1. The Bertz CT molecular complexity index is 869. The molecule has 1 unspecified atom stereocenters. The fraction of sp³-hybridized carbons (Fsp3) is 0.312. The van der Waals surface area contributed by atoms with E-state index < -0.39 is 0 Å². The molecule has 3 rings (SSSR count). The van der Waals surface area contributed by atoms with Gasteiger partial charge in [0.05, 0.1) is 16.7 Å². The minimum Gasteiger partial charge on any atom is -0.358 e. The van der Waals surface area contributed by atoms with Gasteiger partial charge in [-0.1, -0.05) is 19.1 Å². The monoisotopic (exact) mass is 341 g/mol. The van der Waals surface area contributed by atoms with Gasteiger partial charge < -0.3 is 5.32 Å². The average Bonchev–Trinajstić information content (AvgIpc) is 3.23. The number of hydrogen-bond acceptors (Lipinski definition) is 6. The lowest BCUT2D eigenvalue weighted by atomic mass is 10.1. The number of rotatable bonds is 6. The molecule has 1 aromatic carbocycles. The minimum atomic E-state index is -0.380. The van der Waals surface area contributed by atoms with Gasteiger partial charge in [0, 0.05) is 7.05 Å². The van der Waals surface area contributed by atoms with Crippen LogP contribution in [0.25, 0.3) is 5.69 Å². The van der Waals surface area contributed by atoms with E-state index >= 15 is 0 Å². The van der Waals surface area contributed by atoms with Crippen molar-refractivity contribution in [2.24, 2.45) is 7.05 Å². The molecule has 0 spiro atoms. The number of anilines is 1. The third kappa shape index (κ3) is 3.21. The van der Waals surface area contributed by atoms with Crippen molar-refractivity contribution in [3.05, 3.63) is 58.3 Å². The second-order valence-corrected chi connectivity index (χ2v) is 5.68. The number of nitrogens with zero attached hydrogens (tertiary/aromatic N) is 6. The fourth-order valence-electron chi connectivity index (χ4n) is 2.71. The van der Waals surface area contributed by atoms with Crippen LogP contribution in [-0.2, 0) is 13.5 Å². The number of nitro groups is 1. The summed E-state index contributed by atoms with van der Waals surface area (Å²) in [5.41, 5.74) is 2.41. The van der Waals surface area contributed by atoms with Gasteiger partial charge in [0.2, 0.25) is 5.82 Å². The van der Waals surface area contributed by atoms with Crippen LogP contribution in [0.3, 0.4) is 0 Å². The first-order chi connectivity index (χ1) is 12.0. The molecule has 0 amide bonds. The smallest absolute Gasteiger partial charge is 0.333 e. The molecule has 9 heteroatoms. The van der Waals surface area contributed by atoms with E-state index in [1.165, 1.54) is 11.0 Å². The summed E-state index contributed by atoms with van der Waals surface area (Å²) in [4.78, 5) is 14.9. The minimum absolute atomic E-state index is 0.0380. The number of aryl methyl sites for hydroxylation is 2. The summed E-state index contributed by atoms with van der Waals surface area (Å²) in [6.07, 6.45) is 3.61. The molecule has 0 aliphatic rings. The maximum atomic E-state index is 11.4. The molecule has 0 saturated carbocycles. The van der Waals surface area contributed by atoms with Crippen molar-refractivity contribution in [3.63, 3.8) is 0 Å². The largest absolute Gasteiger partial charge is 0.358 e. The van der Waals surface area contributed by atoms with Crippen LogP contribution in [0.4, 0.5) is 11.5 Å². The Morgan fingerprint density at radius 1 is 1.32 bits per heavy atom. The van der Waals surface area contributed by atoms with Gasteiger partial charge in [-0.3, -0.25) is 10.1 Å². The van der Waals surface area contributed by atoms with Gasteiger partial charge in [-0.25, -0.2) is 14.3 Å². The maximum absolute atomic E-state index is 11.4. The van der Waals surface area contributed by atoms with E-state index in [2.05, 4.69) is 20.5 Å². The van der Waals surface area contributed by atoms with Crippen LogP contribution in [-0.4, -0.2) is 29.5 Å². The molecule has 0 radical (unpaired) electrons. The Morgan fingerprint density at radius 2 is 2.04 bits per heavy atom. The van der Waals surface area contributed by atoms with Crippen molar-refractivity contribution >= 4 is 11.5 Å². The lowest BCUT2D eigenvalue weighted by Crippen LogP contribution is -2.11. The van der Waals surface area contributed by atoms with Crippen LogP contribution >= 0.6 is 0 Å². The molecule has 0 aliphatic heterocycles. The van der Waals surface area contributed by atoms with E-state index in [9.17, 15) is 10.1 Å². The topological polar surface area (TPSA) is 104 Å². The molecule has 3 aromatic rings. The van der Waals surface area contributed by atoms with Crippen LogP contribution in [0.5, 0.6) is 0 Å². The van der Waals surface area contributed by atoms with Crippen molar-refractivity contribution < 1.29 is 4.92 Å². The molecule has 1 atom stereocenters. The highest BCUT2D eigenvalue weighted by molar-refractivity contribution is 5.60. The van der Waals surface area contributed by atoms with E-state index in [0.29, 0.717) is 17.9 Å². The van der Waals surface area contributed by atoms with Crippen molar-refractivity contribution in [1.82, 2.24) is 24.5 Å². The molecule has 0 aliphatic carbocycles. The number of benzene rings is 1. The highest BCUT2D eigenvalue weighted by Gasteiger charge is 2.26. The Morgan fingerprint density at radius 3 is 2.60 bits per heavy atom. The van der Waals surface area contributed by atoms with Gasteiger partial charge in [0.15, 0.2) is 0 Å². The Labute approximate surface area is 144 Å². The van der Waals surface area contributed by atoms with Crippen LogP contribution in [0.15, 0.2) is 36.9 Å². The van der Waals surface area contributed by atoms with E-state index in [0.717, 1.165) is 11.3 Å². The molecule has 0 saturated heterocycles. The fourth-order valence-corrected chi connectivity index (χ4v) is 2.71. The molecule has 1 N–H and O–H groups in total. The average molecular weight is 341 g/mol. The van der Waals surface area contributed by atoms with Crippen molar-refractivity contribution in [3.8, 4) is 5.69 Å². The summed E-state index contributed by atoms with van der Waals surface area (Å²) in [6.45, 7) is 3.80. The third-order valence-corrected chi connectivity index (χ3v) is 4.04. The second kappa shape index (κ2) is 6.71. The Kier molecular flexibility index (Phi) is 4.46. The zero-order valence-corrected chi connectivity index (χ0v) is 14.2. The van der Waals surface area contributed by atoms with Crippen LogP contribution in [0.1, 0.15) is 31.1 Å². The summed E-state index contributed by atoms with van der Waals surface area (Å²) in [5, 5.41) is 22.9. The molecular formula is C16H19N7O2. The first-order valence-corrected chi connectivity index (χ1v) is 7.93. The Hall–Kier alpha value is -3.23. The molecule has 25 heavy (non-hydrogen) atoms. The number of hydrogen-bond donors (Lipinski definition) is 1. The SMILES string of the molecule is CCc1nn(C)c(NC(C)c2ccc(-n3cncn3)cc2)c1[N+](=O)[O-]. The molecule has 0 bridgehead atoms. The highest BCUT2D eigenvalue weighted by atomic mass is 16.6. The Balaban J connectivity index is 1.84. The first kappa shape index (κ1) is 16.6. The van der Waals surface area contributed by atoms with Crippen LogP contribution in [0.2, 0.25) is 0 Å². The zero-order chi connectivity index (χ0) is 18.0. The van der Waals surface area contributed by atoms with Gasteiger partial charge in [-0.05, 0) is 31.0 Å². The molecule has 2 heterocycles. The summed E-state index contributed by atoms with van der Waals surface area (Å²) < 4.78 is 3.19. The lowest BCUT2D eigenvalue weighted by molar-refractivity contribution is -0.384. The van der Waals surface area contributed by atoms with Gasteiger partial charge in [-0.15, -0.1) is 0 Å². The standard InChI is InChI=1S/C16H19N7O2/c1-4-14-15(23(24)25)16(21(3)20-14)19-11(2)12-5-7-13(8-6-12)22-10-17-9-18-22/h5-11,19H,4H2,1-3H3. The molecule has 2 aromatic heterocycles. The highest BCUT2D eigenvalue weighted by Crippen LogP contribution is 2.31. The quantitative estimate of drug-likeness (QED) is 0.546. The predicted molar refractivity (Wildman–Crippen MR) is 92.6 cm³/mol. The maximum Gasteiger partial charge on any atom is 0.333 e. The number of aromatic nitrogens is 5. The summed E-state index contributed by atoms with van der Waals surface area (Å²) in [7, 11) is 1.70. The molecular weight excluding hydrogens is 322 g/mol. The van der Waals surface area contributed by atoms with Gasteiger partial charge >= 0.3 is 5.69 Å². The summed E-state index contributed by atoms with van der Waals surface area (Å²) >= 11 is 0. The van der Waals surface area contributed by atoms with E-state index in [4.69, 9.17) is 0 Å². The molecule has 9 nitrogen and oxygen atoms in total. The summed E-state index contributed by atoms with van der Waals surface area (Å²) in [6, 6.07) is 7.65. The van der Waals surface area contributed by atoms with Gasteiger partial charge in [-0.2, -0.15) is 10.2 Å². The molecule has 0 fully saturated rings. The predicted octanol–water partition coefficient (Wildman–Crippen LogP) is 2.64. The second-order valence-electron chi connectivity index (χ2n) is 5.68. The lowest BCUT2D eigenvalue weighted by Gasteiger charge is -2.15. The van der Waals surface area contributed by atoms with Gasteiger partial charge in [0.25, 0.3) is 0 Å². The first-order valence-electron chi connectivity index (χ1n) is 7.93. The van der Waals surface area contributed by atoms with E-state index in [1.54, 1.807) is 18.1 Å². The van der Waals surface area contributed by atoms with Crippen molar-refractivity contribution in [2.45, 2.75) is 26.3 Å². The van der Waals surface area contributed by atoms with Crippen LogP contribution in [0, 0.1) is 10.1 Å². The van der Waals surface area contributed by atoms with E-state index in [-0.39, 0.29) is 16.7 Å². The number of nitrogens with one attached hydrogen (secondary N) is 1.